The fourth-order valence-electron chi connectivity index (χ4n) is 3.87. The first-order chi connectivity index (χ1) is 9.96. The predicted octanol–water partition coefficient (Wildman–Crippen LogP) is 3.96. The van der Waals surface area contributed by atoms with Crippen LogP contribution in [0.5, 0.6) is 0 Å². The van der Waals surface area contributed by atoms with Gasteiger partial charge < -0.3 is 5.32 Å². The van der Waals surface area contributed by atoms with Gasteiger partial charge in [0, 0.05) is 12.1 Å². The molecule has 1 saturated heterocycles. The SMILES string of the molecule is CCCC1CCC(NC2CCN(CC(F)(F)F)CC2)CC1. The number of likely N-dealkylation sites (tertiary alicyclic amines) is 1. The smallest absolute Gasteiger partial charge is 0.311 e. The average molecular weight is 306 g/mol. The number of nitrogens with zero attached hydrogens (tertiary/aromatic N) is 1. The molecule has 124 valence electrons. The quantitative estimate of drug-likeness (QED) is 0.827. The van der Waals surface area contributed by atoms with Crippen LogP contribution in [-0.4, -0.2) is 42.8 Å². The monoisotopic (exact) mass is 306 g/mol. The fraction of sp³-hybridized carbons (Fsp3) is 1.00. The molecule has 0 atom stereocenters. The van der Waals surface area contributed by atoms with Crippen LogP contribution in [0.15, 0.2) is 0 Å². The summed E-state index contributed by atoms with van der Waals surface area (Å²) in [6, 6.07) is 1.01. The second-order valence-electron chi connectivity index (χ2n) is 6.84. The third kappa shape index (κ3) is 6.15. The second kappa shape index (κ2) is 7.82. The first-order valence-corrected chi connectivity index (χ1v) is 8.51. The van der Waals surface area contributed by atoms with E-state index in [9.17, 15) is 13.2 Å². The standard InChI is InChI=1S/C16H29F3N2/c1-2-3-13-4-6-14(7-5-13)20-15-8-10-21(11-9-15)12-16(17,18)19/h13-15,20H,2-12H2,1H3. The Labute approximate surface area is 126 Å². The summed E-state index contributed by atoms with van der Waals surface area (Å²) < 4.78 is 37.1. The van der Waals surface area contributed by atoms with E-state index in [0.29, 0.717) is 25.2 Å². The van der Waals surface area contributed by atoms with Crippen LogP contribution in [0.1, 0.15) is 58.3 Å². The van der Waals surface area contributed by atoms with Gasteiger partial charge in [-0.05, 0) is 57.5 Å². The summed E-state index contributed by atoms with van der Waals surface area (Å²) in [6.07, 6.45) is 5.40. The van der Waals surface area contributed by atoms with Crippen molar-refractivity contribution in [1.82, 2.24) is 10.2 Å². The largest absolute Gasteiger partial charge is 0.401 e. The molecule has 1 aliphatic carbocycles. The minimum Gasteiger partial charge on any atom is -0.311 e. The van der Waals surface area contributed by atoms with Crippen molar-refractivity contribution < 1.29 is 13.2 Å². The van der Waals surface area contributed by atoms with Crippen LogP contribution >= 0.6 is 0 Å². The Hall–Kier alpha value is -0.290. The van der Waals surface area contributed by atoms with Crippen molar-refractivity contribution in [3.63, 3.8) is 0 Å². The maximum atomic E-state index is 12.4. The van der Waals surface area contributed by atoms with Crippen LogP contribution in [0, 0.1) is 5.92 Å². The molecule has 2 rings (SSSR count). The van der Waals surface area contributed by atoms with Gasteiger partial charge in [0.2, 0.25) is 0 Å². The van der Waals surface area contributed by atoms with Crippen LogP contribution in [0.4, 0.5) is 13.2 Å². The Kier molecular flexibility index (Phi) is 6.35. The minimum absolute atomic E-state index is 0.419. The van der Waals surface area contributed by atoms with Crippen molar-refractivity contribution in [2.75, 3.05) is 19.6 Å². The van der Waals surface area contributed by atoms with Crippen molar-refractivity contribution in [3.05, 3.63) is 0 Å². The Morgan fingerprint density at radius 1 is 0.952 bits per heavy atom. The maximum Gasteiger partial charge on any atom is 0.401 e. The number of halogens is 3. The van der Waals surface area contributed by atoms with E-state index < -0.39 is 12.7 Å². The number of hydrogen-bond acceptors (Lipinski definition) is 2. The summed E-state index contributed by atoms with van der Waals surface area (Å²) in [6.45, 7) is 2.64. The Morgan fingerprint density at radius 2 is 1.52 bits per heavy atom. The molecule has 0 bridgehead atoms. The highest BCUT2D eigenvalue weighted by molar-refractivity contribution is 4.84. The number of piperidine rings is 1. The van der Waals surface area contributed by atoms with E-state index in [-0.39, 0.29) is 0 Å². The molecule has 0 aromatic rings. The zero-order valence-electron chi connectivity index (χ0n) is 13.1. The molecule has 5 heteroatoms. The Morgan fingerprint density at radius 3 is 2.05 bits per heavy atom. The van der Waals surface area contributed by atoms with Crippen LogP contribution in [0.3, 0.4) is 0 Å². The van der Waals surface area contributed by atoms with Gasteiger partial charge in [0.1, 0.15) is 0 Å². The molecule has 2 fully saturated rings. The second-order valence-corrected chi connectivity index (χ2v) is 6.84. The minimum atomic E-state index is -4.06. The van der Waals surface area contributed by atoms with Crippen molar-refractivity contribution in [3.8, 4) is 0 Å². The van der Waals surface area contributed by atoms with E-state index in [4.69, 9.17) is 0 Å². The summed E-state index contributed by atoms with van der Waals surface area (Å²) in [5.74, 6) is 0.904. The lowest BCUT2D eigenvalue weighted by atomic mass is 9.83. The summed E-state index contributed by atoms with van der Waals surface area (Å²) in [5, 5.41) is 3.70. The topological polar surface area (TPSA) is 15.3 Å². The molecule has 0 aromatic carbocycles. The lowest BCUT2D eigenvalue weighted by Crippen LogP contribution is -2.48. The summed E-state index contributed by atoms with van der Waals surface area (Å²) in [5.41, 5.74) is 0. The van der Waals surface area contributed by atoms with E-state index in [1.807, 2.05) is 0 Å². The Bertz CT molecular complexity index is 290. The number of hydrogen-bond donors (Lipinski definition) is 1. The molecule has 1 heterocycles. The molecule has 1 aliphatic heterocycles. The molecule has 0 unspecified atom stereocenters. The summed E-state index contributed by atoms with van der Waals surface area (Å²) >= 11 is 0. The molecule has 0 amide bonds. The maximum absolute atomic E-state index is 12.4. The highest BCUT2D eigenvalue weighted by atomic mass is 19.4. The molecule has 0 aromatic heterocycles. The average Bonchev–Trinajstić information content (AvgIpc) is 2.42. The van der Waals surface area contributed by atoms with Crippen LogP contribution in [0.25, 0.3) is 0 Å². The molecule has 0 radical (unpaired) electrons. The summed E-state index contributed by atoms with van der Waals surface area (Å²) in [7, 11) is 0. The Balaban J connectivity index is 1.63. The summed E-state index contributed by atoms with van der Waals surface area (Å²) in [4.78, 5) is 1.54. The first-order valence-electron chi connectivity index (χ1n) is 8.51. The molecule has 0 spiro atoms. The molecular formula is C16H29F3N2. The van der Waals surface area contributed by atoms with Gasteiger partial charge in [0.25, 0.3) is 0 Å². The molecule has 2 nitrogen and oxygen atoms in total. The van der Waals surface area contributed by atoms with E-state index in [1.165, 1.54) is 43.4 Å². The predicted molar refractivity (Wildman–Crippen MR) is 79.3 cm³/mol. The van der Waals surface area contributed by atoms with Gasteiger partial charge in [-0.15, -0.1) is 0 Å². The van der Waals surface area contributed by atoms with Gasteiger partial charge in [-0.1, -0.05) is 19.8 Å². The van der Waals surface area contributed by atoms with E-state index in [2.05, 4.69) is 12.2 Å². The van der Waals surface area contributed by atoms with E-state index in [1.54, 1.807) is 0 Å². The zero-order valence-corrected chi connectivity index (χ0v) is 13.1. The van der Waals surface area contributed by atoms with Crippen molar-refractivity contribution in [2.24, 2.45) is 5.92 Å². The molecule has 2 aliphatic rings. The van der Waals surface area contributed by atoms with Crippen molar-refractivity contribution >= 4 is 0 Å². The highest BCUT2D eigenvalue weighted by Gasteiger charge is 2.33. The lowest BCUT2D eigenvalue weighted by Gasteiger charge is -2.37. The first kappa shape index (κ1) is 17.1. The molecular weight excluding hydrogens is 277 g/mol. The third-order valence-corrected chi connectivity index (χ3v) is 5.01. The third-order valence-electron chi connectivity index (χ3n) is 5.01. The van der Waals surface area contributed by atoms with Gasteiger partial charge in [-0.25, -0.2) is 0 Å². The molecule has 1 saturated carbocycles. The van der Waals surface area contributed by atoms with Gasteiger partial charge in [0.05, 0.1) is 6.54 Å². The van der Waals surface area contributed by atoms with Crippen LogP contribution < -0.4 is 5.32 Å². The zero-order chi connectivity index (χ0) is 15.3. The number of alkyl halides is 3. The van der Waals surface area contributed by atoms with Crippen molar-refractivity contribution in [1.29, 1.82) is 0 Å². The van der Waals surface area contributed by atoms with Gasteiger partial charge in [0.15, 0.2) is 0 Å². The number of rotatable bonds is 5. The normalized spacial score (nSPS) is 29.7. The lowest BCUT2D eigenvalue weighted by molar-refractivity contribution is -0.148. The van der Waals surface area contributed by atoms with Gasteiger partial charge in [-0.3, -0.25) is 4.90 Å². The van der Waals surface area contributed by atoms with Crippen LogP contribution in [-0.2, 0) is 0 Å². The van der Waals surface area contributed by atoms with E-state index >= 15 is 0 Å². The van der Waals surface area contributed by atoms with Crippen molar-refractivity contribution in [2.45, 2.75) is 76.6 Å². The van der Waals surface area contributed by atoms with Crippen LogP contribution in [0.2, 0.25) is 0 Å². The fourth-order valence-corrected chi connectivity index (χ4v) is 3.87. The van der Waals surface area contributed by atoms with Gasteiger partial charge >= 0.3 is 6.18 Å². The molecule has 21 heavy (non-hydrogen) atoms. The molecule has 1 N–H and O–H groups in total. The van der Waals surface area contributed by atoms with Gasteiger partial charge in [-0.2, -0.15) is 13.2 Å². The number of nitrogens with one attached hydrogen (secondary N) is 1. The van der Waals surface area contributed by atoms with E-state index in [0.717, 1.165) is 18.8 Å². The highest BCUT2D eigenvalue weighted by Crippen LogP contribution is 2.28.